The first-order valence-electron chi connectivity index (χ1n) is 10.7. The molecule has 0 aromatic carbocycles. The summed E-state index contributed by atoms with van der Waals surface area (Å²) in [5.74, 6) is 0. The van der Waals surface area contributed by atoms with E-state index < -0.39 is 0 Å². The van der Waals surface area contributed by atoms with Crippen molar-refractivity contribution in [1.82, 2.24) is 0 Å². The first kappa shape index (κ1) is 22.5. The summed E-state index contributed by atoms with van der Waals surface area (Å²) in [7, 11) is 0. The fourth-order valence-corrected chi connectivity index (χ4v) is 3.18. The molecule has 0 spiro atoms. The molecule has 0 rings (SSSR count). The summed E-state index contributed by atoms with van der Waals surface area (Å²) < 4.78 is 0. The Morgan fingerprint density at radius 1 is 0.522 bits per heavy atom. The Morgan fingerprint density at radius 3 is 1.22 bits per heavy atom. The highest BCUT2D eigenvalue weighted by Crippen LogP contribution is 2.14. The average molecular weight is 321 g/mol. The van der Waals surface area contributed by atoms with Gasteiger partial charge in [-0.3, -0.25) is 0 Å². The van der Waals surface area contributed by atoms with Gasteiger partial charge in [-0.25, -0.2) is 0 Å². The van der Waals surface area contributed by atoms with Gasteiger partial charge in [0.25, 0.3) is 0 Å². The second kappa shape index (κ2) is 21.5. The van der Waals surface area contributed by atoms with Crippen molar-refractivity contribution in [2.45, 2.75) is 122 Å². The molecule has 0 heteroatoms. The van der Waals surface area contributed by atoms with Gasteiger partial charge >= 0.3 is 0 Å². The maximum atomic E-state index is 3.69. The standard InChI is InChI=1S/C23H44/c1-3-5-7-9-11-13-15-17-19-21-23-22-20-18-16-14-12-10-8-6-4-2/h3,5,7H,1,4,6,8-23H2,2H3/b7-5+. The molecule has 0 aliphatic heterocycles. The minimum Gasteiger partial charge on any atom is -0.0991 e. The van der Waals surface area contributed by atoms with E-state index in [-0.39, 0.29) is 0 Å². The van der Waals surface area contributed by atoms with Crippen LogP contribution in [0.4, 0.5) is 0 Å². The van der Waals surface area contributed by atoms with E-state index in [9.17, 15) is 0 Å². The first-order chi connectivity index (χ1) is 11.4. The molecule has 0 unspecified atom stereocenters. The van der Waals surface area contributed by atoms with Gasteiger partial charge < -0.3 is 0 Å². The molecule has 23 heavy (non-hydrogen) atoms. The van der Waals surface area contributed by atoms with Gasteiger partial charge in [-0.1, -0.05) is 134 Å². The van der Waals surface area contributed by atoms with Crippen LogP contribution in [0.1, 0.15) is 122 Å². The van der Waals surface area contributed by atoms with Gasteiger partial charge in [-0.05, 0) is 12.8 Å². The molecule has 0 aliphatic rings. The highest BCUT2D eigenvalue weighted by atomic mass is 14.0. The van der Waals surface area contributed by atoms with Crippen molar-refractivity contribution < 1.29 is 0 Å². The van der Waals surface area contributed by atoms with E-state index in [4.69, 9.17) is 0 Å². The zero-order chi connectivity index (χ0) is 16.8. The SMILES string of the molecule is C=C/C=C/CCCCCCCCCCCCCCCCCCC. The molecule has 0 nitrogen and oxygen atoms in total. The maximum absolute atomic E-state index is 3.69. The van der Waals surface area contributed by atoms with Crippen LogP contribution in [0.2, 0.25) is 0 Å². The molecule has 0 atom stereocenters. The molecule has 0 saturated carbocycles. The first-order valence-corrected chi connectivity index (χ1v) is 10.7. The Balaban J connectivity index is 2.97. The zero-order valence-electron chi connectivity index (χ0n) is 16.2. The molecule has 0 radical (unpaired) electrons. The highest BCUT2D eigenvalue weighted by molar-refractivity contribution is 4.96. The summed E-state index contributed by atoms with van der Waals surface area (Å²) in [5.41, 5.74) is 0. The van der Waals surface area contributed by atoms with E-state index >= 15 is 0 Å². The summed E-state index contributed by atoms with van der Waals surface area (Å²) in [5, 5.41) is 0. The van der Waals surface area contributed by atoms with Crippen LogP contribution < -0.4 is 0 Å². The van der Waals surface area contributed by atoms with Gasteiger partial charge in [0.15, 0.2) is 0 Å². The number of hydrogen-bond donors (Lipinski definition) is 0. The second-order valence-corrected chi connectivity index (χ2v) is 7.11. The van der Waals surface area contributed by atoms with Crippen LogP contribution in [0.25, 0.3) is 0 Å². The Hall–Kier alpha value is -0.520. The molecule has 0 bridgehead atoms. The summed E-state index contributed by atoms with van der Waals surface area (Å²) in [6, 6.07) is 0. The van der Waals surface area contributed by atoms with Gasteiger partial charge in [0.2, 0.25) is 0 Å². The Kier molecular flexibility index (Phi) is 21.0. The fraction of sp³-hybridized carbons (Fsp3) is 0.826. The summed E-state index contributed by atoms with van der Waals surface area (Å²) >= 11 is 0. The van der Waals surface area contributed by atoms with E-state index in [1.165, 1.54) is 116 Å². The molecule has 0 amide bonds. The minimum absolute atomic E-state index is 1.23. The van der Waals surface area contributed by atoms with E-state index in [0.717, 1.165) is 0 Å². The van der Waals surface area contributed by atoms with Gasteiger partial charge in [0.1, 0.15) is 0 Å². The minimum atomic E-state index is 1.23. The van der Waals surface area contributed by atoms with Crippen LogP contribution >= 0.6 is 0 Å². The quantitative estimate of drug-likeness (QED) is 0.165. The van der Waals surface area contributed by atoms with Gasteiger partial charge in [0, 0.05) is 0 Å². The van der Waals surface area contributed by atoms with Crippen molar-refractivity contribution in [1.29, 1.82) is 0 Å². The molecule has 136 valence electrons. The molecular weight excluding hydrogens is 276 g/mol. The Labute approximate surface area is 147 Å². The molecule has 0 aromatic heterocycles. The number of hydrogen-bond acceptors (Lipinski definition) is 0. The lowest BCUT2D eigenvalue weighted by Crippen LogP contribution is -1.83. The van der Waals surface area contributed by atoms with Crippen molar-refractivity contribution in [3.63, 3.8) is 0 Å². The number of allylic oxidation sites excluding steroid dienone is 3. The van der Waals surface area contributed by atoms with E-state index in [1.54, 1.807) is 0 Å². The van der Waals surface area contributed by atoms with Crippen molar-refractivity contribution in [2.24, 2.45) is 0 Å². The average Bonchev–Trinajstić information content (AvgIpc) is 2.57. The molecule has 0 saturated heterocycles. The fourth-order valence-electron chi connectivity index (χ4n) is 3.18. The van der Waals surface area contributed by atoms with Crippen molar-refractivity contribution in [2.75, 3.05) is 0 Å². The maximum Gasteiger partial charge on any atom is -0.0348 e. The van der Waals surface area contributed by atoms with Crippen molar-refractivity contribution >= 4 is 0 Å². The lowest BCUT2D eigenvalue weighted by molar-refractivity contribution is 0.527. The smallest absolute Gasteiger partial charge is 0.0348 e. The molecule has 0 N–H and O–H groups in total. The van der Waals surface area contributed by atoms with Crippen LogP contribution in [-0.2, 0) is 0 Å². The number of unbranched alkanes of at least 4 members (excludes halogenated alkanes) is 17. The lowest BCUT2D eigenvalue weighted by Gasteiger charge is -2.03. The highest BCUT2D eigenvalue weighted by Gasteiger charge is 1.94. The van der Waals surface area contributed by atoms with Gasteiger partial charge in [-0.2, -0.15) is 0 Å². The van der Waals surface area contributed by atoms with Crippen molar-refractivity contribution in [3.8, 4) is 0 Å². The molecule has 0 heterocycles. The van der Waals surface area contributed by atoms with E-state index in [0.29, 0.717) is 0 Å². The third-order valence-electron chi connectivity index (χ3n) is 4.75. The number of rotatable bonds is 19. The van der Waals surface area contributed by atoms with Crippen LogP contribution in [-0.4, -0.2) is 0 Å². The van der Waals surface area contributed by atoms with Gasteiger partial charge in [-0.15, -0.1) is 0 Å². The predicted molar refractivity (Wildman–Crippen MR) is 108 cm³/mol. The van der Waals surface area contributed by atoms with Crippen LogP contribution in [0.15, 0.2) is 24.8 Å². The third-order valence-corrected chi connectivity index (χ3v) is 4.75. The largest absolute Gasteiger partial charge is 0.0991 e. The van der Waals surface area contributed by atoms with Crippen LogP contribution in [0.3, 0.4) is 0 Å². The summed E-state index contributed by atoms with van der Waals surface area (Å²) in [6.45, 7) is 5.99. The second-order valence-electron chi connectivity index (χ2n) is 7.11. The van der Waals surface area contributed by atoms with E-state index in [1.807, 2.05) is 6.08 Å². The monoisotopic (exact) mass is 320 g/mol. The molecule has 0 aromatic rings. The van der Waals surface area contributed by atoms with Gasteiger partial charge in [0.05, 0.1) is 0 Å². The van der Waals surface area contributed by atoms with E-state index in [2.05, 4.69) is 25.7 Å². The molecular formula is C23H44. The van der Waals surface area contributed by atoms with Crippen molar-refractivity contribution in [3.05, 3.63) is 24.8 Å². The molecule has 0 aliphatic carbocycles. The topological polar surface area (TPSA) is 0 Å². The summed E-state index contributed by atoms with van der Waals surface area (Å²) in [6.07, 6.45) is 32.0. The Bertz CT molecular complexity index is 238. The Morgan fingerprint density at radius 2 is 0.870 bits per heavy atom. The summed E-state index contributed by atoms with van der Waals surface area (Å²) in [4.78, 5) is 0. The molecule has 0 fully saturated rings. The normalized spacial score (nSPS) is 11.3. The predicted octanol–water partition coefficient (Wildman–Crippen LogP) is 8.77. The lowest BCUT2D eigenvalue weighted by atomic mass is 10.0. The zero-order valence-corrected chi connectivity index (χ0v) is 16.2. The van der Waals surface area contributed by atoms with Crippen LogP contribution in [0, 0.1) is 0 Å². The van der Waals surface area contributed by atoms with Crippen LogP contribution in [0.5, 0.6) is 0 Å². The third kappa shape index (κ3) is 21.5.